The molecule has 2 N–H and O–H groups in total. The van der Waals surface area contributed by atoms with E-state index in [1.165, 1.54) is 11.3 Å². The summed E-state index contributed by atoms with van der Waals surface area (Å²) in [6.07, 6.45) is -4.39. The number of thiophene rings is 1. The Labute approximate surface area is 98.6 Å². The van der Waals surface area contributed by atoms with Crippen molar-refractivity contribution in [1.82, 2.24) is 0 Å². The van der Waals surface area contributed by atoms with Crippen LogP contribution in [0.5, 0.6) is 0 Å². The Morgan fingerprint density at radius 3 is 2.60 bits per heavy atom. The Hall–Kier alpha value is -0.0700. The standard InChI is InChI=1S/C9H11BrF3NS/c10-8-4-6(5-15-8)7(14)2-1-3-9(11,12)13/h4-5,7H,1-3,14H2. The highest BCUT2D eigenvalue weighted by Gasteiger charge is 2.26. The van der Waals surface area contributed by atoms with Gasteiger partial charge in [-0.1, -0.05) is 0 Å². The number of nitrogens with two attached hydrogens (primary N) is 1. The zero-order valence-corrected chi connectivity index (χ0v) is 10.3. The number of alkyl halides is 3. The molecule has 0 aromatic carbocycles. The van der Waals surface area contributed by atoms with Crippen LogP contribution >= 0.6 is 27.3 Å². The van der Waals surface area contributed by atoms with Crippen LogP contribution in [0.4, 0.5) is 13.2 Å². The predicted molar refractivity (Wildman–Crippen MR) is 58.9 cm³/mol. The molecule has 0 radical (unpaired) electrons. The second-order valence-corrected chi connectivity index (χ2v) is 5.59. The smallest absolute Gasteiger partial charge is 0.324 e. The van der Waals surface area contributed by atoms with E-state index in [1.54, 1.807) is 0 Å². The molecule has 86 valence electrons. The maximum atomic E-state index is 11.9. The minimum atomic E-state index is -4.07. The van der Waals surface area contributed by atoms with Crippen molar-refractivity contribution in [2.75, 3.05) is 0 Å². The summed E-state index contributed by atoms with van der Waals surface area (Å²) >= 11 is 4.77. The van der Waals surface area contributed by atoms with Gasteiger partial charge in [-0.2, -0.15) is 13.2 Å². The fourth-order valence-corrected chi connectivity index (χ4v) is 2.45. The van der Waals surface area contributed by atoms with Crippen molar-refractivity contribution in [3.8, 4) is 0 Å². The summed E-state index contributed by atoms with van der Waals surface area (Å²) in [6.45, 7) is 0. The first-order chi connectivity index (χ1) is 6.88. The molecule has 0 bridgehead atoms. The van der Waals surface area contributed by atoms with Crippen LogP contribution in [0, 0.1) is 0 Å². The van der Waals surface area contributed by atoms with E-state index in [-0.39, 0.29) is 12.5 Å². The highest BCUT2D eigenvalue weighted by atomic mass is 79.9. The molecule has 15 heavy (non-hydrogen) atoms. The molecule has 6 heteroatoms. The van der Waals surface area contributed by atoms with Crippen molar-refractivity contribution >= 4 is 27.3 Å². The van der Waals surface area contributed by atoms with Crippen LogP contribution in [0.1, 0.15) is 30.9 Å². The molecule has 0 aliphatic rings. The van der Waals surface area contributed by atoms with Gasteiger partial charge in [0.2, 0.25) is 0 Å². The van der Waals surface area contributed by atoms with Crippen molar-refractivity contribution in [2.24, 2.45) is 5.73 Å². The third kappa shape index (κ3) is 4.99. The first-order valence-electron chi connectivity index (χ1n) is 4.45. The van der Waals surface area contributed by atoms with E-state index in [0.717, 1.165) is 9.35 Å². The van der Waals surface area contributed by atoms with Crippen molar-refractivity contribution in [1.29, 1.82) is 0 Å². The molecule has 1 atom stereocenters. The molecule has 1 aromatic heterocycles. The van der Waals surface area contributed by atoms with E-state index in [9.17, 15) is 13.2 Å². The molecule has 1 unspecified atom stereocenters. The van der Waals surface area contributed by atoms with Crippen LogP contribution in [0.3, 0.4) is 0 Å². The summed E-state index contributed by atoms with van der Waals surface area (Å²) < 4.78 is 36.5. The van der Waals surface area contributed by atoms with E-state index < -0.39 is 12.6 Å². The van der Waals surface area contributed by atoms with Crippen molar-refractivity contribution in [3.63, 3.8) is 0 Å². The average molecular weight is 302 g/mol. The van der Waals surface area contributed by atoms with E-state index in [2.05, 4.69) is 15.9 Å². The normalized spacial score (nSPS) is 14.2. The van der Waals surface area contributed by atoms with E-state index in [1.807, 2.05) is 11.4 Å². The van der Waals surface area contributed by atoms with E-state index in [0.29, 0.717) is 6.42 Å². The molecule has 1 rings (SSSR count). The van der Waals surface area contributed by atoms with Crippen LogP contribution in [0.15, 0.2) is 15.2 Å². The largest absolute Gasteiger partial charge is 0.389 e. The molecular formula is C9H11BrF3NS. The summed E-state index contributed by atoms with van der Waals surface area (Å²) in [5, 5.41) is 1.86. The molecule has 0 fully saturated rings. The van der Waals surface area contributed by atoms with Gasteiger partial charge < -0.3 is 5.73 Å². The van der Waals surface area contributed by atoms with Crippen LogP contribution in [0.2, 0.25) is 0 Å². The van der Waals surface area contributed by atoms with Gasteiger partial charge in [0.25, 0.3) is 0 Å². The monoisotopic (exact) mass is 301 g/mol. The zero-order chi connectivity index (χ0) is 11.5. The fourth-order valence-electron chi connectivity index (χ4n) is 1.21. The third-order valence-corrected chi connectivity index (χ3v) is 3.51. The Bertz CT molecular complexity index is 311. The van der Waals surface area contributed by atoms with Gasteiger partial charge in [-0.3, -0.25) is 0 Å². The minimum Gasteiger partial charge on any atom is -0.324 e. The molecule has 1 heterocycles. The van der Waals surface area contributed by atoms with Gasteiger partial charge in [-0.05, 0) is 45.8 Å². The van der Waals surface area contributed by atoms with Gasteiger partial charge in [-0.15, -0.1) is 11.3 Å². The van der Waals surface area contributed by atoms with Gasteiger partial charge in [-0.25, -0.2) is 0 Å². The predicted octanol–water partition coefficient (Wildman–Crippen LogP) is 4.24. The second-order valence-electron chi connectivity index (χ2n) is 3.30. The van der Waals surface area contributed by atoms with Gasteiger partial charge in [0.05, 0.1) is 3.79 Å². The van der Waals surface area contributed by atoms with Crippen molar-refractivity contribution < 1.29 is 13.2 Å². The average Bonchev–Trinajstić information content (AvgIpc) is 2.49. The van der Waals surface area contributed by atoms with E-state index >= 15 is 0 Å². The van der Waals surface area contributed by atoms with Crippen molar-refractivity contribution in [2.45, 2.75) is 31.5 Å². The first kappa shape index (κ1) is 13.0. The van der Waals surface area contributed by atoms with Gasteiger partial charge >= 0.3 is 6.18 Å². The Morgan fingerprint density at radius 2 is 2.13 bits per heavy atom. The van der Waals surface area contributed by atoms with Crippen LogP contribution < -0.4 is 5.73 Å². The fraction of sp³-hybridized carbons (Fsp3) is 0.556. The van der Waals surface area contributed by atoms with Crippen LogP contribution in [-0.4, -0.2) is 6.18 Å². The molecule has 1 aromatic rings. The zero-order valence-electron chi connectivity index (χ0n) is 7.85. The summed E-state index contributed by atoms with van der Waals surface area (Å²) in [5.41, 5.74) is 6.65. The SMILES string of the molecule is NC(CCCC(F)(F)F)c1csc(Br)c1. The maximum absolute atomic E-state index is 11.9. The summed E-state index contributed by atoms with van der Waals surface area (Å²) in [5.74, 6) is 0. The van der Waals surface area contributed by atoms with Gasteiger partial charge in [0.1, 0.15) is 0 Å². The first-order valence-corrected chi connectivity index (χ1v) is 6.12. The lowest BCUT2D eigenvalue weighted by Gasteiger charge is -2.10. The Balaban J connectivity index is 2.34. The van der Waals surface area contributed by atoms with Crippen LogP contribution in [-0.2, 0) is 0 Å². The van der Waals surface area contributed by atoms with Crippen molar-refractivity contribution in [3.05, 3.63) is 20.8 Å². The molecule has 0 aliphatic heterocycles. The molecule has 0 saturated heterocycles. The molecule has 0 spiro atoms. The lowest BCUT2D eigenvalue weighted by Crippen LogP contribution is -2.12. The maximum Gasteiger partial charge on any atom is 0.389 e. The topological polar surface area (TPSA) is 26.0 Å². The number of hydrogen-bond donors (Lipinski definition) is 1. The number of halogens is 4. The molecule has 0 saturated carbocycles. The second kappa shape index (κ2) is 5.32. The highest BCUT2D eigenvalue weighted by Crippen LogP contribution is 2.28. The van der Waals surface area contributed by atoms with Crippen LogP contribution in [0.25, 0.3) is 0 Å². The minimum absolute atomic E-state index is 0.0815. The molecule has 0 aliphatic carbocycles. The number of rotatable bonds is 4. The van der Waals surface area contributed by atoms with E-state index in [4.69, 9.17) is 5.73 Å². The Kier molecular flexibility index (Phi) is 4.61. The summed E-state index contributed by atoms with van der Waals surface area (Å²) in [4.78, 5) is 0. The Morgan fingerprint density at radius 1 is 1.47 bits per heavy atom. The third-order valence-electron chi connectivity index (χ3n) is 1.99. The van der Waals surface area contributed by atoms with Gasteiger partial charge in [0, 0.05) is 12.5 Å². The molecule has 1 nitrogen and oxygen atoms in total. The molecular weight excluding hydrogens is 291 g/mol. The summed E-state index contributed by atoms with van der Waals surface area (Å²) in [7, 11) is 0. The number of hydrogen-bond acceptors (Lipinski definition) is 2. The lowest BCUT2D eigenvalue weighted by molar-refractivity contribution is -0.135. The summed E-state index contributed by atoms with van der Waals surface area (Å²) in [6, 6.07) is 1.55. The van der Waals surface area contributed by atoms with Gasteiger partial charge in [0.15, 0.2) is 0 Å². The quantitative estimate of drug-likeness (QED) is 0.884. The molecule has 0 amide bonds. The highest BCUT2D eigenvalue weighted by molar-refractivity contribution is 9.11. The lowest BCUT2D eigenvalue weighted by atomic mass is 10.1.